The number of amides is 2. The van der Waals surface area contributed by atoms with E-state index in [0.29, 0.717) is 42.1 Å². The monoisotopic (exact) mass is 399 g/mol. The number of fused-ring (bicyclic) bond motifs is 1. The molecule has 7 nitrogen and oxygen atoms in total. The first-order chi connectivity index (χ1) is 14.0. The molecular weight excluding hydrogens is 370 g/mol. The Bertz CT molecular complexity index is 827. The summed E-state index contributed by atoms with van der Waals surface area (Å²) >= 11 is 0. The Balaban J connectivity index is 1.30. The molecule has 1 atom stereocenters. The van der Waals surface area contributed by atoms with E-state index in [2.05, 4.69) is 24.1 Å². The smallest absolute Gasteiger partial charge is 0.253 e. The fourth-order valence-electron chi connectivity index (χ4n) is 5.00. The van der Waals surface area contributed by atoms with Crippen molar-refractivity contribution in [1.29, 1.82) is 0 Å². The van der Waals surface area contributed by atoms with Crippen LogP contribution < -0.4 is 14.8 Å². The van der Waals surface area contributed by atoms with Crippen molar-refractivity contribution >= 4 is 11.8 Å². The largest absolute Gasteiger partial charge is 0.454 e. The molecule has 4 aliphatic rings. The van der Waals surface area contributed by atoms with Gasteiger partial charge in [-0.05, 0) is 43.4 Å². The van der Waals surface area contributed by atoms with Gasteiger partial charge >= 0.3 is 0 Å². The third kappa shape index (κ3) is 3.25. The molecule has 0 radical (unpaired) electrons. The van der Waals surface area contributed by atoms with Gasteiger partial charge in [-0.1, -0.05) is 13.8 Å². The first-order valence-corrected chi connectivity index (χ1v) is 10.8. The lowest BCUT2D eigenvalue weighted by Crippen LogP contribution is -2.60. The Morgan fingerprint density at radius 3 is 2.62 bits per heavy atom. The molecule has 1 N–H and O–H groups in total. The maximum Gasteiger partial charge on any atom is 0.253 e. The molecular formula is C22H29N3O4. The summed E-state index contributed by atoms with van der Waals surface area (Å²) in [6, 6.07) is 5.65. The molecule has 7 heteroatoms. The van der Waals surface area contributed by atoms with E-state index in [9.17, 15) is 9.59 Å². The number of hydrogen-bond donors (Lipinski definition) is 1. The molecule has 1 aliphatic carbocycles. The number of benzene rings is 1. The van der Waals surface area contributed by atoms with Crippen LogP contribution in [0.25, 0.3) is 0 Å². The highest BCUT2D eigenvalue weighted by molar-refractivity contribution is 5.95. The summed E-state index contributed by atoms with van der Waals surface area (Å²) in [6.07, 6.45) is 4.62. The Kier molecular flexibility index (Phi) is 4.46. The van der Waals surface area contributed by atoms with Gasteiger partial charge in [-0.25, -0.2) is 0 Å². The van der Waals surface area contributed by atoms with Crippen molar-refractivity contribution in [2.75, 3.05) is 19.9 Å². The van der Waals surface area contributed by atoms with Crippen LogP contribution >= 0.6 is 0 Å². The van der Waals surface area contributed by atoms with Crippen molar-refractivity contribution in [1.82, 2.24) is 15.1 Å². The zero-order chi connectivity index (χ0) is 20.2. The Hall–Kier alpha value is -2.28. The Morgan fingerprint density at radius 1 is 1.21 bits per heavy atom. The molecule has 29 heavy (non-hydrogen) atoms. The number of ether oxygens (including phenoxy) is 2. The second-order valence-corrected chi connectivity index (χ2v) is 9.16. The van der Waals surface area contributed by atoms with Gasteiger partial charge in [-0.15, -0.1) is 0 Å². The summed E-state index contributed by atoms with van der Waals surface area (Å²) in [5, 5.41) is 3.69. The van der Waals surface area contributed by atoms with E-state index >= 15 is 0 Å². The normalized spacial score (nSPS) is 25.3. The number of carbonyl (C=O) groups excluding carboxylic acids is 2. The second kappa shape index (κ2) is 6.90. The van der Waals surface area contributed by atoms with Gasteiger partial charge in [0.1, 0.15) is 0 Å². The van der Waals surface area contributed by atoms with E-state index in [0.717, 1.165) is 32.1 Å². The van der Waals surface area contributed by atoms with E-state index in [-0.39, 0.29) is 30.3 Å². The molecule has 3 heterocycles. The molecule has 0 unspecified atom stereocenters. The quantitative estimate of drug-likeness (QED) is 0.842. The summed E-state index contributed by atoms with van der Waals surface area (Å²) in [5.41, 5.74) is 0.334. The lowest BCUT2D eigenvalue weighted by molar-refractivity contribution is -0.134. The topological polar surface area (TPSA) is 71.1 Å². The van der Waals surface area contributed by atoms with Crippen LogP contribution in [0.3, 0.4) is 0 Å². The summed E-state index contributed by atoms with van der Waals surface area (Å²) in [4.78, 5) is 30.2. The predicted molar refractivity (Wildman–Crippen MR) is 107 cm³/mol. The van der Waals surface area contributed by atoms with E-state index in [1.54, 1.807) is 18.2 Å². The molecule has 2 saturated heterocycles. The van der Waals surface area contributed by atoms with Gasteiger partial charge in [-0.2, -0.15) is 0 Å². The van der Waals surface area contributed by atoms with Crippen molar-refractivity contribution in [2.45, 2.75) is 63.7 Å². The maximum atomic E-state index is 13.1. The van der Waals surface area contributed by atoms with Crippen LogP contribution in [-0.2, 0) is 4.79 Å². The van der Waals surface area contributed by atoms with Gasteiger partial charge < -0.3 is 19.3 Å². The van der Waals surface area contributed by atoms with E-state index in [1.807, 2.05) is 4.90 Å². The van der Waals surface area contributed by atoms with Crippen LogP contribution in [0.2, 0.25) is 0 Å². The van der Waals surface area contributed by atoms with Gasteiger partial charge in [0.15, 0.2) is 11.5 Å². The van der Waals surface area contributed by atoms with Crippen molar-refractivity contribution in [3.05, 3.63) is 23.8 Å². The van der Waals surface area contributed by atoms with Gasteiger partial charge in [0.25, 0.3) is 5.91 Å². The van der Waals surface area contributed by atoms with Crippen molar-refractivity contribution < 1.29 is 19.1 Å². The number of nitrogens with zero attached hydrogens (tertiary/aromatic N) is 2. The molecule has 1 aromatic carbocycles. The zero-order valence-corrected chi connectivity index (χ0v) is 17.1. The summed E-state index contributed by atoms with van der Waals surface area (Å²) < 4.78 is 10.7. The molecule has 1 spiro atoms. The Labute approximate surface area is 171 Å². The van der Waals surface area contributed by atoms with Gasteiger partial charge in [-0.3, -0.25) is 14.9 Å². The Morgan fingerprint density at radius 2 is 1.93 bits per heavy atom. The molecule has 2 amide bonds. The highest BCUT2D eigenvalue weighted by atomic mass is 16.7. The third-order valence-corrected chi connectivity index (χ3v) is 6.56. The zero-order valence-electron chi connectivity index (χ0n) is 17.1. The SMILES string of the molecule is CC(C)C[C@@H]1NC2(CCN(C(=O)c3ccc4c(c3)OCO4)CC2)N(C2CC2)C1=O. The van der Waals surface area contributed by atoms with Crippen molar-refractivity contribution in [3.8, 4) is 11.5 Å². The van der Waals surface area contributed by atoms with Crippen molar-refractivity contribution in [2.24, 2.45) is 5.92 Å². The maximum absolute atomic E-state index is 13.1. The van der Waals surface area contributed by atoms with Crippen LogP contribution in [0.1, 0.15) is 56.3 Å². The van der Waals surface area contributed by atoms with E-state index in [4.69, 9.17) is 9.47 Å². The fraction of sp³-hybridized carbons (Fsp3) is 0.636. The first kappa shape index (κ1) is 18.7. The minimum absolute atomic E-state index is 0.0131. The fourth-order valence-corrected chi connectivity index (χ4v) is 5.00. The van der Waals surface area contributed by atoms with Crippen molar-refractivity contribution in [3.63, 3.8) is 0 Å². The lowest BCUT2D eigenvalue weighted by Gasteiger charge is -2.45. The molecule has 5 rings (SSSR count). The number of carbonyl (C=O) groups is 2. The third-order valence-electron chi connectivity index (χ3n) is 6.56. The minimum atomic E-state index is -0.288. The number of piperidine rings is 1. The lowest BCUT2D eigenvalue weighted by atomic mass is 9.95. The van der Waals surface area contributed by atoms with Gasteiger partial charge in [0, 0.05) is 37.5 Å². The minimum Gasteiger partial charge on any atom is -0.454 e. The first-order valence-electron chi connectivity index (χ1n) is 10.8. The number of hydrogen-bond acceptors (Lipinski definition) is 5. The van der Waals surface area contributed by atoms with E-state index < -0.39 is 0 Å². The second-order valence-electron chi connectivity index (χ2n) is 9.16. The molecule has 156 valence electrons. The van der Waals surface area contributed by atoms with Crippen LogP contribution in [0.15, 0.2) is 18.2 Å². The molecule has 0 aromatic heterocycles. The molecule has 1 aromatic rings. The van der Waals surface area contributed by atoms with Crippen LogP contribution in [0.4, 0.5) is 0 Å². The average molecular weight is 399 g/mol. The summed E-state index contributed by atoms with van der Waals surface area (Å²) in [5.74, 6) is 2.06. The number of rotatable bonds is 4. The highest BCUT2D eigenvalue weighted by Gasteiger charge is 2.56. The highest BCUT2D eigenvalue weighted by Crippen LogP contribution is 2.42. The summed E-state index contributed by atoms with van der Waals surface area (Å²) in [6.45, 7) is 5.81. The summed E-state index contributed by atoms with van der Waals surface area (Å²) in [7, 11) is 0. The van der Waals surface area contributed by atoms with E-state index in [1.165, 1.54) is 0 Å². The standard InChI is InChI=1S/C22H29N3O4/c1-14(2)11-17-21(27)25(16-4-5-16)22(23-17)7-9-24(10-8-22)20(26)15-3-6-18-19(12-15)29-13-28-18/h3,6,12,14,16-17,23H,4-5,7-11,13H2,1-2H3/t17-/m0/s1. The molecule has 1 saturated carbocycles. The average Bonchev–Trinajstić information content (AvgIpc) is 3.35. The van der Waals surface area contributed by atoms with Gasteiger partial charge in [0.2, 0.25) is 12.7 Å². The molecule has 3 aliphatic heterocycles. The molecule has 3 fully saturated rings. The van der Waals surface area contributed by atoms with Crippen LogP contribution in [-0.4, -0.2) is 59.2 Å². The van der Waals surface area contributed by atoms with Gasteiger partial charge in [0.05, 0.1) is 11.7 Å². The van der Waals surface area contributed by atoms with Crippen LogP contribution in [0, 0.1) is 5.92 Å². The predicted octanol–water partition coefficient (Wildman–Crippen LogP) is 2.36. The number of nitrogens with one attached hydrogen (secondary N) is 1. The number of likely N-dealkylation sites (tertiary alicyclic amines) is 1. The van der Waals surface area contributed by atoms with Crippen LogP contribution in [0.5, 0.6) is 11.5 Å². The molecule has 0 bridgehead atoms.